The fourth-order valence-corrected chi connectivity index (χ4v) is 0.675. The van der Waals surface area contributed by atoms with E-state index < -0.39 is 5.79 Å². The summed E-state index contributed by atoms with van der Waals surface area (Å²) in [6, 6.07) is 0. The van der Waals surface area contributed by atoms with Crippen LogP contribution in [-0.4, -0.2) is 31.2 Å². The topological polar surface area (TPSA) is 38.7 Å². The second kappa shape index (κ2) is 7.25. The van der Waals surface area contributed by atoms with E-state index in [0.717, 1.165) is 0 Å². The van der Waals surface area contributed by atoms with Crippen LogP contribution in [0.2, 0.25) is 0 Å². The number of hydrogen-bond donors (Lipinski definition) is 1. The van der Waals surface area contributed by atoms with Crippen LogP contribution in [0.15, 0.2) is 0 Å². The van der Waals surface area contributed by atoms with E-state index in [0.29, 0.717) is 19.6 Å². The molecule has 0 bridgehead atoms. The summed E-state index contributed by atoms with van der Waals surface area (Å²) in [5, 5.41) is 9.34. The Hall–Kier alpha value is 0.594. The molecule has 0 saturated heterocycles. The molecule has 0 aromatic heterocycles. The molecule has 0 amide bonds. The van der Waals surface area contributed by atoms with Crippen LogP contribution >= 0.6 is 0 Å². The van der Waals surface area contributed by atoms with E-state index in [1.807, 2.05) is 6.92 Å². The maximum atomic E-state index is 9.34. The van der Waals surface area contributed by atoms with Crippen molar-refractivity contribution in [3.05, 3.63) is 0 Å². The van der Waals surface area contributed by atoms with Gasteiger partial charge in [-0.2, -0.15) is 0 Å². The minimum atomic E-state index is -1.02. The number of rotatable bonds is 5. The van der Waals surface area contributed by atoms with Crippen LogP contribution in [0, 0.1) is 0 Å². The average molecular weight is 196 g/mol. The van der Waals surface area contributed by atoms with E-state index in [4.69, 9.17) is 9.47 Å². The van der Waals surface area contributed by atoms with Gasteiger partial charge in [-0.25, -0.2) is 0 Å². The Balaban J connectivity index is 0. The molecule has 4 heteroatoms. The summed E-state index contributed by atoms with van der Waals surface area (Å²) >= 11 is 0. The summed E-state index contributed by atoms with van der Waals surface area (Å²) in [7, 11) is 1.60. The standard InChI is InChI=1S/C7H16O3.Ti/c1-4-10-7(2,8)5-6-9-3;/h8H,4-6H2,1-3H3;. The summed E-state index contributed by atoms with van der Waals surface area (Å²) in [5.41, 5.74) is 0. The summed E-state index contributed by atoms with van der Waals surface area (Å²) < 4.78 is 9.79. The van der Waals surface area contributed by atoms with Crippen molar-refractivity contribution >= 4 is 0 Å². The van der Waals surface area contributed by atoms with Gasteiger partial charge in [0.05, 0.1) is 6.61 Å². The molecule has 1 unspecified atom stereocenters. The second-order valence-electron chi connectivity index (χ2n) is 2.35. The maximum Gasteiger partial charge on any atom is 0.164 e. The van der Waals surface area contributed by atoms with E-state index in [2.05, 4.69) is 0 Å². The van der Waals surface area contributed by atoms with E-state index in [-0.39, 0.29) is 21.7 Å². The third-order valence-electron chi connectivity index (χ3n) is 1.23. The molecular formula is C7H16O3Ti. The SMILES string of the molecule is CCOC(C)(O)CCOC.[Ti]. The molecule has 0 aliphatic carbocycles. The third-order valence-corrected chi connectivity index (χ3v) is 1.23. The minimum Gasteiger partial charge on any atom is -0.384 e. The van der Waals surface area contributed by atoms with Crippen molar-refractivity contribution < 1.29 is 36.3 Å². The van der Waals surface area contributed by atoms with Crippen molar-refractivity contribution in [3.8, 4) is 0 Å². The third kappa shape index (κ3) is 8.50. The molecular weight excluding hydrogens is 180 g/mol. The van der Waals surface area contributed by atoms with Crippen molar-refractivity contribution in [2.75, 3.05) is 20.3 Å². The predicted octanol–water partition coefficient (Wildman–Crippen LogP) is 0.765. The molecule has 0 aliphatic heterocycles. The van der Waals surface area contributed by atoms with Gasteiger partial charge in [0.2, 0.25) is 0 Å². The Kier molecular flexibility index (Phi) is 9.32. The van der Waals surface area contributed by atoms with Crippen LogP contribution in [0.25, 0.3) is 0 Å². The molecule has 0 aliphatic rings. The Morgan fingerprint density at radius 3 is 2.36 bits per heavy atom. The van der Waals surface area contributed by atoms with Crippen LogP contribution < -0.4 is 0 Å². The molecule has 1 N–H and O–H groups in total. The van der Waals surface area contributed by atoms with E-state index >= 15 is 0 Å². The van der Waals surface area contributed by atoms with Crippen molar-refractivity contribution in [1.82, 2.24) is 0 Å². The largest absolute Gasteiger partial charge is 0.384 e. The van der Waals surface area contributed by atoms with Gasteiger partial charge in [0, 0.05) is 41.9 Å². The van der Waals surface area contributed by atoms with Gasteiger partial charge >= 0.3 is 0 Å². The molecule has 0 heterocycles. The monoisotopic (exact) mass is 196 g/mol. The van der Waals surface area contributed by atoms with Gasteiger partial charge in [0.25, 0.3) is 0 Å². The van der Waals surface area contributed by atoms with Crippen molar-refractivity contribution in [1.29, 1.82) is 0 Å². The van der Waals surface area contributed by atoms with Crippen LogP contribution in [0.5, 0.6) is 0 Å². The quantitative estimate of drug-likeness (QED) is 0.521. The number of methoxy groups -OCH3 is 1. The van der Waals surface area contributed by atoms with Crippen molar-refractivity contribution in [2.45, 2.75) is 26.1 Å². The molecule has 0 aromatic rings. The van der Waals surface area contributed by atoms with Gasteiger partial charge in [-0.15, -0.1) is 0 Å². The van der Waals surface area contributed by atoms with Gasteiger partial charge in [0.15, 0.2) is 5.79 Å². The first-order valence-electron chi connectivity index (χ1n) is 3.47. The average Bonchev–Trinajstić information content (AvgIpc) is 1.84. The molecule has 11 heavy (non-hydrogen) atoms. The zero-order valence-corrected chi connectivity index (χ0v) is 8.95. The minimum absolute atomic E-state index is 0. The fourth-order valence-electron chi connectivity index (χ4n) is 0.675. The van der Waals surface area contributed by atoms with Gasteiger partial charge in [-0.1, -0.05) is 0 Å². The summed E-state index contributed by atoms with van der Waals surface area (Å²) in [5.74, 6) is -1.02. The smallest absolute Gasteiger partial charge is 0.164 e. The van der Waals surface area contributed by atoms with E-state index in [9.17, 15) is 5.11 Å². The molecule has 66 valence electrons. The normalized spacial score (nSPS) is 15.3. The first kappa shape index (κ1) is 14.1. The molecule has 3 nitrogen and oxygen atoms in total. The first-order chi connectivity index (χ1) is 4.62. The Morgan fingerprint density at radius 1 is 1.45 bits per heavy atom. The molecule has 0 spiro atoms. The maximum absolute atomic E-state index is 9.34. The Bertz CT molecular complexity index is 85.8. The number of hydrogen-bond acceptors (Lipinski definition) is 3. The van der Waals surface area contributed by atoms with Gasteiger partial charge in [-0.3, -0.25) is 0 Å². The molecule has 0 fully saturated rings. The Labute approximate surface area is 83.0 Å². The van der Waals surface area contributed by atoms with Gasteiger partial charge < -0.3 is 14.6 Å². The molecule has 0 radical (unpaired) electrons. The first-order valence-corrected chi connectivity index (χ1v) is 3.47. The van der Waals surface area contributed by atoms with Gasteiger partial charge in [0.1, 0.15) is 0 Å². The Morgan fingerprint density at radius 2 is 2.00 bits per heavy atom. The summed E-state index contributed by atoms with van der Waals surface area (Å²) in [4.78, 5) is 0. The van der Waals surface area contributed by atoms with Crippen molar-refractivity contribution in [2.24, 2.45) is 0 Å². The second-order valence-corrected chi connectivity index (χ2v) is 2.35. The zero-order chi connectivity index (χ0) is 8.04. The molecule has 0 saturated carbocycles. The van der Waals surface area contributed by atoms with Crippen LogP contribution in [0.1, 0.15) is 20.3 Å². The van der Waals surface area contributed by atoms with E-state index in [1.54, 1.807) is 14.0 Å². The van der Waals surface area contributed by atoms with Crippen molar-refractivity contribution in [3.63, 3.8) is 0 Å². The number of ether oxygens (including phenoxy) is 2. The molecule has 1 atom stereocenters. The molecule has 0 rings (SSSR count). The number of aliphatic hydroxyl groups is 1. The van der Waals surface area contributed by atoms with Crippen LogP contribution in [0.3, 0.4) is 0 Å². The van der Waals surface area contributed by atoms with Crippen LogP contribution in [-0.2, 0) is 31.2 Å². The summed E-state index contributed by atoms with van der Waals surface area (Å²) in [6.07, 6.45) is 0.511. The summed E-state index contributed by atoms with van der Waals surface area (Å²) in [6.45, 7) is 4.53. The molecule has 0 aromatic carbocycles. The fraction of sp³-hybridized carbons (Fsp3) is 1.00. The predicted molar refractivity (Wildman–Crippen MR) is 38.7 cm³/mol. The van der Waals surface area contributed by atoms with E-state index in [1.165, 1.54) is 0 Å². The zero-order valence-electron chi connectivity index (χ0n) is 7.39. The van der Waals surface area contributed by atoms with Crippen LogP contribution in [0.4, 0.5) is 0 Å². The van der Waals surface area contributed by atoms with Gasteiger partial charge in [-0.05, 0) is 13.8 Å².